The highest BCUT2D eigenvalue weighted by Crippen LogP contribution is 2.20. The lowest BCUT2D eigenvalue weighted by Crippen LogP contribution is -2.38. The largest absolute Gasteiger partial charge is 0.481 e. The van der Waals surface area contributed by atoms with Crippen LogP contribution >= 0.6 is 0 Å². The maximum Gasteiger partial charge on any atom is 0.305 e. The van der Waals surface area contributed by atoms with Crippen LogP contribution in [-0.4, -0.2) is 52.8 Å². The zero-order valence-electron chi connectivity index (χ0n) is 13.2. The third-order valence-electron chi connectivity index (χ3n) is 3.95. The van der Waals surface area contributed by atoms with Crippen molar-refractivity contribution in [1.82, 2.24) is 9.80 Å². The van der Waals surface area contributed by atoms with Crippen LogP contribution < -0.4 is 0 Å². The van der Waals surface area contributed by atoms with Gasteiger partial charge in [0.05, 0.1) is 12.3 Å². The number of carboxylic acids is 1. The molecule has 8 heteroatoms. The molecular weight excluding hydrogens is 322 g/mol. The number of carboxylic acid groups (broad SMARTS) is 1. The summed E-state index contributed by atoms with van der Waals surface area (Å²) < 4.78 is 26.3. The first kappa shape index (κ1) is 17.8. The summed E-state index contributed by atoms with van der Waals surface area (Å²) in [7, 11) is 1.59. The number of nitrogens with zero attached hydrogens (tertiary/aromatic N) is 2. The summed E-state index contributed by atoms with van der Waals surface area (Å²) in [6.45, 7) is 0.151. The van der Waals surface area contributed by atoms with Crippen molar-refractivity contribution >= 4 is 17.8 Å². The van der Waals surface area contributed by atoms with Gasteiger partial charge in [0.1, 0.15) is 0 Å². The predicted molar refractivity (Wildman–Crippen MR) is 79.8 cm³/mol. The van der Waals surface area contributed by atoms with Crippen molar-refractivity contribution < 1.29 is 28.3 Å². The number of benzene rings is 1. The Kier molecular flexibility index (Phi) is 5.48. The van der Waals surface area contributed by atoms with Gasteiger partial charge < -0.3 is 14.9 Å². The number of likely N-dealkylation sites (tertiary alicyclic amines) is 1. The second-order valence-electron chi connectivity index (χ2n) is 5.83. The average molecular weight is 340 g/mol. The number of rotatable bonds is 6. The molecule has 2 amide bonds. The molecule has 6 nitrogen and oxygen atoms in total. The average Bonchev–Trinajstić information content (AvgIpc) is 2.85. The summed E-state index contributed by atoms with van der Waals surface area (Å²) >= 11 is 0. The number of carbonyl (C=O) groups excluding carboxylic acids is 2. The smallest absolute Gasteiger partial charge is 0.305 e. The minimum absolute atomic E-state index is 0.0439. The van der Waals surface area contributed by atoms with E-state index in [1.807, 2.05) is 0 Å². The topological polar surface area (TPSA) is 77.9 Å². The minimum Gasteiger partial charge on any atom is -0.481 e. The van der Waals surface area contributed by atoms with Gasteiger partial charge in [-0.2, -0.15) is 0 Å². The minimum atomic E-state index is -1.07. The van der Waals surface area contributed by atoms with E-state index in [1.165, 1.54) is 15.9 Å². The van der Waals surface area contributed by atoms with Crippen molar-refractivity contribution in [2.45, 2.75) is 19.4 Å². The van der Waals surface area contributed by atoms with Gasteiger partial charge in [0.25, 0.3) is 0 Å². The summed E-state index contributed by atoms with van der Waals surface area (Å²) in [4.78, 5) is 37.7. The number of hydrogen-bond acceptors (Lipinski definition) is 3. The summed E-state index contributed by atoms with van der Waals surface area (Å²) in [5, 5.41) is 8.83. The van der Waals surface area contributed by atoms with E-state index in [-0.39, 0.29) is 44.3 Å². The van der Waals surface area contributed by atoms with E-state index in [4.69, 9.17) is 5.11 Å². The van der Waals surface area contributed by atoms with Gasteiger partial charge >= 0.3 is 5.97 Å². The molecule has 0 radical (unpaired) electrons. The summed E-state index contributed by atoms with van der Waals surface area (Å²) in [5.41, 5.74) is 0.352. The normalized spacial score (nSPS) is 17.2. The van der Waals surface area contributed by atoms with Crippen LogP contribution in [0.3, 0.4) is 0 Å². The molecule has 2 rings (SSSR count). The molecule has 1 fully saturated rings. The number of carbonyl (C=O) groups is 3. The highest BCUT2D eigenvalue weighted by molar-refractivity contribution is 5.89. The Hall–Kier alpha value is -2.51. The van der Waals surface area contributed by atoms with Crippen LogP contribution in [0.4, 0.5) is 8.78 Å². The fraction of sp³-hybridized carbons (Fsp3) is 0.438. The number of aliphatic carboxylic acids is 1. The molecule has 1 aliphatic rings. The van der Waals surface area contributed by atoms with E-state index in [1.54, 1.807) is 7.05 Å². The van der Waals surface area contributed by atoms with Crippen LogP contribution in [-0.2, 0) is 20.9 Å². The molecule has 1 atom stereocenters. The fourth-order valence-corrected chi connectivity index (χ4v) is 2.64. The van der Waals surface area contributed by atoms with Crippen molar-refractivity contribution in [3.63, 3.8) is 0 Å². The Labute approximate surface area is 137 Å². The van der Waals surface area contributed by atoms with Crippen molar-refractivity contribution in [1.29, 1.82) is 0 Å². The van der Waals surface area contributed by atoms with Gasteiger partial charge in [0.2, 0.25) is 11.8 Å². The quantitative estimate of drug-likeness (QED) is 0.845. The molecule has 0 unspecified atom stereocenters. The van der Waals surface area contributed by atoms with Crippen LogP contribution in [0.1, 0.15) is 18.4 Å². The third kappa shape index (κ3) is 4.27. The Morgan fingerprint density at radius 2 is 2.04 bits per heavy atom. The van der Waals surface area contributed by atoms with E-state index in [0.717, 1.165) is 12.1 Å². The number of amides is 2. The molecule has 0 aromatic heterocycles. The zero-order valence-corrected chi connectivity index (χ0v) is 13.2. The van der Waals surface area contributed by atoms with Crippen molar-refractivity contribution in [2.75, 3.05) is 20.1 Å². The fourth-order valence-electron chi connectivity index (χ4n) is 2.64. The molecule has 0 spiro atoms. The molecule has 1 N–H and O–H groups in total. The lowest BCUT2D eigenvalue weighted by molar-refractivity contribution is -0.140. The molecule has 1 aromatic rings. The lowest BCUT2D eigenvalue weighted by atomic mass is 10.1. The van der Waals surface area contributed by atoms with Gasteiger partial charge in [-0.3, -0.25) is 14.4 Å². The molecular formula is C16H18F2N2O4. The Bertz CT molecular complexity index is 665. The highest BCUT2D eigenvalue weighted by atomic mass is 19.2. The van der Waals surface area contributed by atoms with E-state index in [2.05, 4.69) is 0 Å². The summed E-state index contributed by atoms with van der Waals surface area (Å²) in [6, 6.07) is 3.27. The van der Waals surface area contributed by atoms with Crippen molar-refractivity contribution in [3.8, 4) is 0 Å². The van der Waals surface area contributed by atoms with Gasteiger partial charge in [0.15, 0.2) is 11.6 Å². The molecule has 0 saturated carbocycles. The molecule has 0 aliphatic carbocycles. The SMILES string of the molecule is CN1C[C@H](C(=O)N(CCC(=O)O)Cc2ccc(F)c(F)c2)CC1=O. The van der Waals surface area contributed by atoms with Crippen molar-refractivity contribution in [3.05, 3.63) is 35.4 Å². The maximum absolute atomic E-state index is 13.3. The first-order valence-electron chi connectivity index (χ1n) is 7.46. The van der Waals surface area contributed by atoms with Crippen LogP contribution in [0.5, 0.6) is 0 Å². The Morgan fingerprint density at radius 3 is 2.58 bits per heavy atom. The van der Waals surface area contributed by atoms with Gasteiger partial charge in [-0.1, -0.05) is 6.07 Å². The van der Waals surface area contributed by atoms with Crippen LogP contribution in [0.15, 0.2) is 18.2 Å². The van der Waals surface area contributed by atoms with Crippen LogP contribution in [0.2, 0.25) is 0 Å². The second-order valence-corrected chi connectivity index (χ2v) is 5.83. The molecule has 1 heterocycles. The van der Waals surface area contributed by atoms with Crippen LogP contribution in [0.25, 0.3) is 0 Å². The predicted octanol–water partition coefficient (Wildman–Crippen LogP) is 1.25. The summed E-state index contributed by atoms with van der Waals surface area (Å²) in [5.74, 6) is -4.17. The standard InChI is InChI=1S/C16H18F2N2O4/c1-19-9-11(7-14(19)21)16(24)20(5-4-15(22)23)8-10-2-3-12(17)13(18)6-10/h2-3,6,11H,4-5,7-9H2,1H3,(H,22,23)/t11-/m1/s1. The van der Waals surface area contributed by atoms with E-state index in [0.29, 0.717) is 5.56 Å². The molecule has 0 bridgehead atoms. The molecule has 1 aromatic carbocycles. The monoisotopic (exact) mass is 340 g/mol. The van der Waals surface area contributed by atoms with Crippen LogP contribution in [0, 0.1) is 17.6 Å². The Balaban J connectivity index is 2.14. The number of halogens is 2. The molecule has 1 saturated heterocycles. The van der Waals surface area contributed by atoms with Gasteiger partial charge in [-0.05, 0) is 17.7 Å². The molecule has 130 valence electrons. The van der Waals surface area contributed by atoms with E-state index < -0.39 is 23.5 Å². The van der Waals surface area contributed by atoms with Gasteiger partial charge in [-0.15, -0.1) is 0 Å². The second kappa shape index (κ2) is 7.37. The van der Waals surface area contributed by atoms with E-state index >= 15 is 0 Å². The third-order valence-corrected chi connectivity index (χ3v) is 3.95. The highest BCUT2D eigenvalue weighted by Gasteiger charge is 2.34. The zero-order chi connectivity index (χ0) is 17.9. The van der Waals surface area contributed by atoms with Gasteiger partial charge in [-0.25, -0.2) is 8.78 Å². The van der Waals surface area contributed by atoms with Gasteiger partial charge in [0, 0.05) is 33.1 Å². The van der Waals surface area contributed by atoms with E-state index in [9.17, 15) is 23.2 Å². The number of hydrogen-bond donors (Lipinski definition) is 1. The van der Waals surface area contributed by atoms with Crippen molar-refractivity contribution in [2.24, 2.45) is 5.92 Å². The lowest BCUT2D eigenvalue weighted by Gasteiger charge is -2.25. The maximum atomic E-state index is 13.3. The Morgan fingerprint density at radius 1 is 1.33 bits per heavy atom. The first-order valence-corrected chi connectivity index (χ1v) is 7.46. The molecule has 1 aliphatic heterocycles. The molecule has 24 heavy (non-hydrogen) atoms. The summed E-state index contributed by atoms with van der Waals surface area (Å²) in [6.07, 6.45) is -0.206. The first-order chi connectivity index (χ1) is 11.3.